The molecule has 0 radical (unpaired) electrons. The van der Waals surface area contributed by atoms with Crippen LogP contribution in [0.4, 0.5) is 0 Å². The molecule has 6 heteroatoms. The van der Waals surface area contributed by atoms with Crippen LogP contribution in [0.2, 0.25) is 0 Å². The number of hydrogen-bond donors (Lipinski definition) is 3. The van der Waals surface area contributed by atoms with Crippen molar-refractivity contribution in [2.45, 2.75) is 6.04 Å². The zero-order valence-corrected chi connectivity index (χ0v) is 9.48. The molecule has 0 heterocycles. The Labute approximate surface area is 94.6 Å². The maximum atomic E-state index is 10.7. The lowest BCUT2D eigenvalue weighted by Gasteiger charge is -2.12. The summed E-state index contributed by atoms with van der Waals surface area (Å²) >= 11 is 3.07. The minimum Gasteiger partial charge on any atom is -0.503 e. The van der Waals surface area contributed by atoms with Crippen LogP contribution in [0.3, 0.4) is 0 Å². The second-order valence-electron chi connectivity index (χ2n) is 2.84. The first kappa shape index (κ1) is 11.8. The number of nitrogens with two attached hydrogens (primary N) is 1. The molecular weight excluding hydrogens is 266 g/mol. The van der Waals surface area contributed by atoms with Gasteiger partial charge in [-0.1, -0.05) is 6.07 Å². The zero-order chi connectivity index (χ0) is 11.6. The van der Waals surface area contributed by atoms with E-state index in [-0.39, 0.29) is 16.0 Å². The number of carboxylic acids is 1. The van der Waals surface area contributed by atoms with Crippen molar-refractivity contribution in [2.24, 2.45) is 5.73 Å². The summed E-state index contributed by atoms with van der Waals surface area (Å²) in [5.74, 6) is -1.07. The highest BCUT2D eigenvalue weighted by molar-refractivity contribution is 9.10. The number of phenolic OH excluding ortho intramolecular Hbond substituents is 1. The Morgan fingerprint density at radius 2 is 2.20 bits per heavy atom. The lowest BCUT2D eigenvalue weighted by Crippen LogP contribution is -2.21. The molecule has 0 saturated carbocycles. The number of carbonyl (C=O) groups is 1. The second kappa shape index (κ2) is 4.50. The zero-order valence-electron chi connectivity index (χ0n) is 7.90. The number of aromatic hydroxyl groups is 1. The van der Waals surface area contributed by atoms with Crippen molar-refractivity contribution in [2.75, 3.05) is 7.11 Å². The van der Waals surface area contributed by atoms with Crippen LogP contribution in [0.25, 0.3) is 0 Å². The number of aliphatic carboxylic acids is 1. The van der Waals surface area contributed by atoms with Crippen LogP contribution in [0.5, 0.6) is 11.5 Å². The van der Waals surface area contributed by atoms with Crippen molar-refractivity contribution in [3.05, 3.63) is 22.2 Å². The van der Waals surface area contributed by atoms with E-state index in [0.717, 1.165) is 0 Å². The first-order valence-electron chi connectivity index (χ1n) is 4.02. The number of rotatable bonds is 3. The number of halogens is 1. The van der Waals surface area contributed by atoms with Crippen molar-refractivity contribution in [3.8, 4) is 11.5 Å². The summed E-state index contributed by atoms with van der Waals surface area (Å²) in [7, 11) is 1.40. The molecule has 1 atom stereocenters. The SMILES string of the molecule is COc1ccc(C(N)C(=O)O)c(Br)c1O. The number of methoxy groups -OCH3 is 1. The summed E-state index contributed by atoms with van der Waals surface area (Å²) < 4.78 is 5.09. The van der Waals surface area contributed by atoms with Gasteiger partial charge in [0, 0.05) is 0 Å². The quantitative estimate of drug-likeness (QED) is 0.772. The van der Waals surface area contributed by atoms with Crippen LogP contribution in [-0.4, -0.2) is 23.3 Å². The Morgan fingerprint density at radius 3 is 2.67 bits per heavy atom. The van der Waals surface area contributed by atoms with Crippen LogP contribution < -0.4 is 10.5 Å². The van der Waals surface area contributed by atoms with Crippen molar-refractivity contribution >= 4 is 21.9 Å². The molecule has 82 valence electrons. The van der Waals surface area contributed by atoms with E-state index in [9.17, 15) is 9.90 Å². The molecule has 0 aromatic heterocycles. The average Bonchev–Trinajstić information content (AvgIpc) is 2.21. The first-order chi connectivity index (χ1) is 6.99. The summed E-state index contributed by atoms with van der Waals surface area (Å²) in [6.07, 6.45) is 0. The highest BCUT2D eigenvalue weighted by atomic mass is 79.9. The van der Waals surface area contributed by atoms with E-state index in [4.69, 9.17) is 15.6 Å². The lowest BCUT2D eigenvalue weighted by atomic mass is 10.1. The van der Waals surface area contributed by atoms with Gasteiger partial charge in [-0.3, -0.25) is 4.79 Å². The molecule has 1 aromatic carbocycles. The summed E-state index contributed by atoms with van der Waals surface area (Å²) in [4.78, 5) is 10.7. The predicted octanol–water partition coefficient (Wildman–Crippen LogP) is 1.25. The second-order valence-corrected chi connectivity index (χ2v) is 3.63. The maximum absolute atomic E-state index is 10.7. The Hall–Kier alpha value is -1.27. The molecule has 0 aliphatic carbocycles. The van der Waals surface area contributed by atoms with Gasteiger partial charge in [0.25, 0.3) is 0 Å². The van der Waals surface area contributed by atoms with E-state index in [1.807, 2.05) is 0 Å². The highest BCUT2D eigenvalue weighted by Crippen LogP contribution is 2.38. The van der Waals surface area contributed by atoms with E-state index in [1.54, 1.807) is 0 Å². The van der Waals surface area contributed by atoms with Gasteiger partial charge in [0.1, 0.15) is 6.04 Å². The van der Waals surface area contributed by atoms with Gasteiger partial charge in [-0.25, -0.2) is 0 Å². The molecule has 5 nitrogen and oxygen atoms in total. The van der Waals surface area contributed by atoms with Gasteiger partial charge in [0.05, 0.1) is 11.6 Å². The molecule has 4 N–H and O–H groups in total. The number of benzene rings is 1. The Bertz CT molecular complexity index is 394. The van der Waals surface area contributed by atoms with Gasteiger partial charge in [0.2, 0.25) is 0 Å². The number of carboxylic acid groups (broad SMARTS) is 1. The fourth-order valence-electron chi connectivity index (χ4n) is 1.10. The first-order valence-corrected chi connectivity index (χ1v) is 4.82. The molecule has 0 bridgehead atoms. The predicted molar refractivity (Wildman–Crippen MR) is 56.9 cm³/mol. The maximum Gasteiger partial charge on any atom is 0.325 e. The van der Waals surface area contributed by atoms with Crippen LogP contribution in [-0.2, 0) is 4.79 Å². The topological polar surface area (TPSA) is 92.8 Å². The van der Waals surface area contributed by atoms with E-state index < -0.39 is 12.0 Å². The molecule has 0 aliphatic heterocycles. The Kier molecular flexibility index (Phi) is 3.54. The van der Waals surface area contributed by atoms with E-state index in [2.05, 4.69) is 15.9 Å². The molecule has 0 saturated heterocycles. The van der Waals surface area contributed by atoms with Crippen LogP contribution in [0, 0.1) is 0 Å². The van der Waals surface area contributed by atoms with Crippen LogP contribution in [0.15, 0.2) is 16.6 Å². The van der Waals surface area contributed by atoms with Crippen molar-refractivity contribution in [3.63, 3.8) is 0 Å². The van der Waals surface area contributed by atoms with E-state index in [1.165, 1.54) is 19.2 Å². The molecule has 0 aliphatic rings. The number of ether oxygens (including phenoxy) is 1. The Morgan fingerprint density at radius 1 is 1.60 bits per heavy atom. The van der Waals surface area contributed by atoms with E-state index in [0.29, 0.717) is 5.56 Å². The fourth-order valence-corrected chi connectivity index (χ4v) is 1.67. The van der Waals surface area contributed by atoms with Gasteiger partial charge in [0.15, 0.2) is 11.5 Å². The van der Waals surface area contributed by atoms with Gasteiger partial charge in [-0.2, -0.15) is 0 Å². The normalized spacial score (nSPS) is 12.2. The van der Waals surface area contributed by atoms with Crippen molar-refractivity contribution in [1.29, 1.82) is 0 Å². The number of phenols is 1. The molecule has 1 aromatic rings. The lowest BCUT2D eigenvalue weighted by molar-refractivity contribution is -0.138. The molecule has 0 spiro atoms. The smallest absolute Gasteiger partial charge is 0.325 e. The molecule has 0 amide bonds. The van der Waals surface area contributed by atoms with Gasteiger partial charge < -0.3 is 20.7 Å². The van der Waals surface area contributed by atoms with E-state index >= 15 is 0 Å². The van der Waals surface area contributed by atoms with Crippen molar-refractivity contribution < 1.29 is 19.7 Å². The summed E-state index contributed by atoms with van der Waals surface area (Å²) in [6, 6.07) is 1.76. The van der Waals surface area contributed by atoms with Crippen LogP contribution in [0.1, 0.15) is 11.6 Å². The molecular formula is C9H10BrNO4. The van der Waals surface area contributed by atoms with Crippen LogP contribution >= 0.6 is 15.9 Å². The third kappa shape index (κ3) is 2.21. The minimum atomic E-state index is -1.18. The summed E-state index contributed by atoms with van der Waals surface area (Å²) in [5, 5.41) is 18.3. The standard InChI is InChI=1S/C9H10BrNO4/c1-15-5-3-2-4(6(10)8(5)12)7(11)9(13)14/h2-3,7,12H,11H2,1H3,(H,13,14). The monoisotopic (exact) mass is 275 g/mol. The third-order valence-corrected chi connectivity index (χ3v) is 2.76. The largest absolute Gasteiger partial charge is 0.503 e. The molecule has 1 unspecified atom stereocenters. The van der Waals surface area contributed by atoms with Gasteiger partial charge in [-0.05, 0) is 27.6 Å². The minimum absolute atomic E-state index is 0.160. The average molecular weight is 276 g/mol. The van der Waals surface area contributed by atoms with Gasteiger partial charge in [-0.15, -0.1) is 0 Å². The van der Waals surface area contributed by atoms with Gasteiger partial charge >= 0.3 is 5.97 Å². The highest BCUT2D eigenvalue weighted by Gasteiger charge is 2.20. The Balaban J connectivity index is 3.23. The molecule has 0 fully saturated rings. The summed E-state index contributed by atoms with van der Waals surface area (Å²) in [5.41, 5.74) is 5.71. The third-order valence-electron chi connectivity index (χ3n) is 1.93. The molecule has 1 rings (SSSR count). The van der Waals surface area contributed by atoms with Crippen molar-refractivity contribution in [1.82, 2.24) is 0 Å². The number of hydrogen-bond acceptors (Lipinski definition) is 4. The fraction of sp³-hybridized carbons (Fsp3) is 0.222. The summed E-state index contributed by atoms with van der Waals surface area (Å²) in [6.45, 7) is 0. The molecule has 15 heavy (non-hydrogen) atoms.